The molecule has 0 bridgehead atoms. The standard InChI is InChI=1S/C10H20N2O4/c1-4-10(2,3)12-9(16)11-6-5-7(13)8(14)15/h7,13H,4-6H2,1-3H3,(H,14,15)(H2,11,12,16)/t7-/m0/s1. The molecule has 0 aromatic carbocycles. The van der Waals surface area contributed by atoms with Crippen LogP contribution in [0.2, 0.25) is 0 Å². The Hall–Kier alpha value is -1.30. The Kier molecular flexibility index (Phi) is 5.81. The Labute approximate surface area is 95.0 Å². The first-order chi connectivity index (χ1) is 7.28. The average Bonchev–Trinajstić information content (AvgIpc) is 2.16. The molecule has 0 heterocycles. The van der Waals surface area contributed by atoms with Crippen LogP contribution in [0.1, 0.15) is 33.6 Å². The van der Waals surface area contributed by atoms with Crippen LogP contribution in [0.4, 0.5) is 4.79 Å². The number of aliphatic hydroxyl groups is 1. The van der Waals surface area contributed by atoms with Gasteiger partial charge in [-0.2, -0.15) is 0 Å². The van der Waals surface area contributed by atoms with E-state index in [0.29, 0.717) is 0 Å². The molecule has 94 valence electrons. The number of nitrogens with one attached hydrogen (secondary N) is 2. The van der Waals surface area contributed by atoms with Crippen LogP contribution in [0.3, 0.4) is 0 Å². The van der Waals surface area contributed by atoms with Crippen LogP contribution in [0.15, 0.2) is 0 Å². The summed E-state index contributed by atoms with van der Waals surface area (Å²) in [5.41, 5.74) is -0.296. The zero-order chi connectivity index (χ0) is 12.8. The lowest BCUT2D eigenvalue weighted by atomic mass is 10.0. The number of hydrogen-bond donors (Lipinski definition) is 4. The lowest BCUT2D eigenvalue weighted by Crippen LogP contribution is -2.48. The van der Waals surface area contributed by atoms with Crippen LogP contribution in [0.5, 0.6) is 0 Å². The first-order valence-corrected chi connectivity index (χ1v) is 5.25. The largest absolute Gasteiger partial charge is 0.479 e. The Bertz CT molecular complexity index is 253. The van der Waals surface area contributed by atoms with E-state index in [9.17, 15) is 9.59 Å². The van der Waals surface area contributed by atoms with Gasteiger partial charge in [0.05, 0.1) is 0 Å². The maximum atomic E-state index is 11.3. The van der Waals surface area contributed by atoms with Gasteiger partial charge in [0.25, 0.3) is 0 Å². The van der Waals surface area contributed by atoms with Crippen LogP contribution in [-0.2, 0) is 4.79 Å². The maximum absolute atomic E-state index is 11.3. The van der Waals surface area contributed by atoms with Crippen LogP contribution < -0.4 is 10.6 Å². The van der Waals surface area contributed by atoms with Crippen LogP contribution >= 0.6 is 0 Å². The fourth-order valence-corrected chi connectivity index (χ4v) is 0.886. The van der Waals surface area contributed by atoms with Gasteiger partial charge in [-0.3, -0.25) is 0 Å². The minimum Gasteiger partial charge on any atom is -0.479 e. The molecule has 1 atom stereocenters. The van der Waals surface area contributed by atoms with E-state index in [1.807, 2.05) is 20.8 Å². The summed E-state index contributed by atoms with van der Waals surface area (Å²) in [6.07, 6.45) is -0.646. The monoisotopic (exact) mass is 232 g/mol. The Balaban J connectivity index is 3.79. The van der Waals surface area contributed by atoms with Gasteiger partial charge in [-0.15, -0.1) is 0 Å². The summed E-state index contributed by atoms with van der Waals surface area (Å²) in [6, 6.07) is -0.357. The Morgan fingerprint density at radius 2 is 1.94 bits per heavy atom. The highest BCUT2D eigenvalue weighted by Crippen LogP contribution is 2.05. The van der Waals surface area contributed by atoms with Gasteiger partial charge in [-0.1, -0.05) is 6.92 Å². The third-order valence-corrected chi connectivity index (χ3v) is 2.32. The molecule has 0 aromatic heterocycles. The predicted molar refractivity (Wildman–Crippen MR) is 59.2 cm³/mol. The van der Waals surface area contributed by atoms with Crippen LogP contribution in [0, 0.1) is 0 Å². The number of amides is 2. The van der Waals surface area contributed by atoms with E-state index in [1.165, 1.54) is 0 Å². The molecule has 0 saturated carbocycles. The summed E-state index contributed by atoms with van der Waals surface area (Å²) in [7, 11) is 0. The lowest BCUT2D eigenvalue weighted by Gasteiger charge is -2.24. The number of rotatable bonds is 6. The van der Waals surface area contributed by atoms with Crippen molar-refractivity contribution in [2.24, 2.45) is 0 Å². The highest BCUT2D eigenvalue weighted by Gasteiger charge is 2.18. The number of urea groups is 1. The van der Waals surface area contributed by atoms with E-state index in [1.54, 1.807) is 0 Å². The van der Waals surface area contributed by atoms with Gasteiger partial charge >= 0.3 is 12.0 Å². The van der Waals surface area contributed by atoms with Gasteiger partial charge < -0.3 is 20.8 Å². The lowest BCUT2D eigenvalue weighted by molar-refractivity contribution is -0.146. The quantitative estimate of drug-likeness (QED) is 0.529. The first-order valence-electron chi connectivity index (χ1n) is 5.25. The number of carbonyl (C=O) groups is 2. The van der Waals surface area contributed by atoms with Crippen molar-refractivity contribution in [3.63, 3.8) is 0 Å². The number of carbonyl (C=O) groups excluding carboxylic acids is 1. The summed E-state index contributed by atoms with van der Waals surface area (Å²) >= 11 is 0. The van der Waals surface area contributed by atoms with Crippen molar-refractivity contribution in [3.8, 4) is 0 Å². The number of aliphatic hydroxyl groups excluding tert-OH is 1. The Morgan fingerprint density at radius 3 is 2.38 bits per heavy atom. The van der Waals surface area contributed by atoms with Crippen molar-refractivity contribution < 1.29 is 19.8 Å². The van der Waals surface area contributed by atoms with Gasteiger partial charge in [0.1, 0.15) is 0 Å². The number of carboxylic acid groups (broad SMARTS) is 1. The summed E-state index contributed by atoms with van der Waals surface area (Å²) < 4.78 is 0. The SMILES string of the molecule is CCC(C)(C)NC(=O)NCC[C@H](O)C(=O)O. The van der Waals surface area contributed by atoms with Crippen molar-refractivity contribution in [1.82, 2.24) is 10.6 Å². The highest BCUT2D eigenvalue weighted by molar-refractivity contribution is 5.75. The molecular formula is C10H20N2O4. The van der Waals surface area contributed by atoms with E-state index in [-0.39, 0.29) is 24.5 Å². The topological polar surface area (TPSA) is 98.7 Å². The summed E-state index contributed by atoms with van der Waals surface area (Å²) in [5.74, 6) is -1.28. The van der Waals surface area contributed by atoms with Crippen molar-refractivity contribution >= 4 is 12.0 Å². The predicted octanol–water partition coefficient (Wildman–Crippen LogP) is 0.310. The maximum Gasteiger partial charge on any atom is 0.332 e. The second-order valence-electron chi connectivity index (χ2n) is 4.26. The fraction of sp³-hybridized carbons (Fsp3) is 0.800. The summed E-state index contributed by atoms with van der Waals surface area (Å²) in [6.45, 7) is 5.85. The average molecular weight is 232 g/mol. The molecular weight excluding hydrogens is 212 g/mol. The second kappa shape index (κ2) is 6.32. The van der Waals surface area contributed by atoms with Crippen LogP contribution in [0.25, 0.3) is 0 Å². The zero-order valence-corrected chi connectivity index (χ0v) is 9.91. The minimum atomic E-state index is -1.43. The molecule has 0 saturated heterocycles. The number of hydrogen-bond acceptors (Lipinski definition) is 3. The van der Waals surface area contributed by atoms with E-state index in [2.05, 4.69) is 10.6 Å². The zero-order valence-electron chi connectivity index (χ0n) is 9.91. The van der Waals surface area contributed by atoms with Crippen molar-refractivity contribution in [2.75, 3.05) is 6.54 Å². The van der Waals surface area contributed by atoms with Gasteiger partial charge in [0.2, 0.25) is 0 Å². The van der Waals surface area contributed by atoms with Crippen molar-refractivity contribution in [1.29, 1.82) is 0 Å². The summed E-state index contributed by atoms with van der Waals surface area (Å²) in [5, 5.41) is 22.6. The Morgan fingerprint density at radius 1 is 1.38 bits per heavy atom. The molecule has 16 heavy (non-hydrogen) atoms. The third-order valence-electron chi connectivity index (χ3n) is 2.32. The molecule has 4 N–H and O–H groups in total. The minimum absolute atomic E-state index is 0.00466. The van der Waals surface area contributed by atoms with E-state index < -0.39 is 12.1 Å². The molecule has 0 aliphatic carbocycles. The molecule has 0 spiro atoms. The molecule has 0 fully saturated rings. The molecule has 6 heteroatoms. The summed E-state index contributed by atoms with van der Waals surface area (Å²) in [4.78, 5) is 21.6. The molecule has 0 aliphatic rings. The molecule has 0 unspecified atom stereocenters. The van der Waals surface area contributed by atoms with Gasteiger partial charge in [0, 0.05) is 18.5 Å². The fourth-order valence-electron chi connectivity index (χ4n) is 0.886. The van der Waals surface area contributed by atoms with Gasteiger partial charge in [-0.25, -0.2) is 9.59 Å². The second-order valence-corrected chi connectivity index (χ2v) is 4.26. The highest BCUT2D eigenvalue weighted by atomic mass is 16.4. The third kappa shape index (κ3) is 6.23. The van der Waals surface area contributed by atoms with Gasteiger partial charge in [0.15, 0.2) is 6.10 Å². The smallest absolute Gasteiger partial charge is 0.332 e. The van der Waals surface area contributed by atoms with E-state index in [4.69, 9.17) is 10.2 Å². The van der Waals surface area contributed by atoms with Crippen LogP contribution in [-0.4, -0.2) is 40.4 Å². The molecule has 2 amide bonds. The molecule has 0 aromatic rings. The van der Waals surface area contributed by atoms with Crippen molar-refractivity contribution in [3.05, 3.63) is 0 Å². The first kappa shape index (κ1) is 14.7. The van der Waals surface area contributed by atoms with Crippen molar-refractivity contribution in [2.45, 2.75) is 45.3 Å². The number of aliphatic carboxylic acids is 1. The molecule has 0 rings (SSSR count). The molecule has 0 radical (unpaired) electrons. The molecule has 6 nitrogen and oxygen atoms in total. The number of carboxylic acids is 1. The van der Waals surface area contributed by atoms with E-state index in [0.717, 1.165) is 6.42 Å². The van der Waals surface area contributed by atoms with E-state index >= 15 is 0 Å². The normalized spacial score (nSPS) is 13.0. The molecule has 0 aliphatic heterocycles. The van der Waals surface area contributed by atoms with Gasteiger partial charge in [-0.05, 0) is 20.3 Å².